The largest absolute Gasteiger partial charge is 0.454 e. The summed E-state index contributed by atoms with van der Waals surface area (Å²) < 4.78 is 16.9. The summed E-state index contributed by atoms with van der Waals surface area (Å²) in [6.45, 7) is 2.22. The first-order chi connectivity index (χ1) is 11.6. The number of aryl methyl sites for hydroxylation is 1. The zero-order valence-electron chi connectivity index (χ0n) is 12.8. The Labute approximate surface area is 147 Å². The molecule has 2 aromatic rings. The molecule has 4 nitrogen and oxygen atoms in total. The van der Waals surface area contributed by atoms with E-state index in [9.17, 15) is 4.79 Å². The normalized spacial score (nSPS) is 17.2. The average Bonchev–Trinajstić information content (AvgIpc) is 3.15. The second-order valence-electron chi connectivity index (χ2n) is 5.59. The molecular weight excluding hydrogens is 372 g/mol. The van der Waals surface area contributed by atoms with E-state index in [1.807, 2.05) is 43.3 Å². The van der Waals surface area contributed by atoms with Gasteiger partial charge >= 0.3 is 5.97 Å². The summed E-state index contributed by atoms with van der Waals surface area (Å²) in [7, 11) is 0. The monoisotopic (exact) mass is 384 g/mol. The van der Waals surface area contributed by atoms with Crippen molar-refractivity contribution < 1.29 is 19.0 Å². The predicted octanol–water partition coefficient (Wildman–Crippen LogP) is 4.47. The van der Waals surface area contributed by atoms with Crippen molar-refractivity contribution in [1.82, 2.24) is 0 Å². The molecule has 24 heavy (non-hydrogen) atoms. The van der Waals surface area contributed by atoms with Gasteiger partial charge in [0.1, 0.15) is 5.76 Å². The molecule has 0 saturated carbocycles. The molecule has 120 valence electrons. The van der Waals surface area contributed by atoms with E-state index in [1.165, 1.54) is 0 Å². The van der Waals surface area contributed by atoms with Gasteiger partial charge in [-0.25, -0.2) is 4.79 Å². The predicted molar refractivity (Wildman–Crippen MR) is 93.5 cm³/mol. The van der Waals surface area contributed by atoms with Crippen molar-refractivity contribution in [2.75, 3.05) is 6.79 Å². The lowest BCUT2D eigenvalue weighted by molar-refractivity contribution is -0.130. The Morgan fingerprint density at radius 1 is 1.08 bits per heavy atom. The number of hydrogen-bond donors (Lipinski definition) is 0. The molecule has 0 N–H and O–H groups in total. The summed E-state index contributed by atoms with van der Waals surface area (Å²) in [4.78, 5) is 12.2. The lowest BCUT2D eigenvalue weighted by atomic mass is 10.1. The number of carbonyl (C=O) groups is 1. The van der Waals surface area contributed by atoms with Crippen LogP contribution in [0.15, 0.2) is 52.5 Å². The first-order valence-electron chi connectivity index (χ1n) is 7.42. The minimum Gasteiger partial charge on any atom is -0.454 e. The Bertz CT molecular complexity index is 894. The van der Waals surface area contributed by atoms with Crippen molar-refractivity contribution in [3.8, 4) is 11.5 Å². The molecule has 4 rings (SSSR count). The Balaban J connectivity index is 1.70. The van der Waals surface area contributed by atoms with Gasteiger partial charge in [-0.3, -0.25) is 0 Å². The van der Waals surface area contributed by atoms with Gasteiger partial charge in [0.2, 0.25) is 6.79 Å². The van der Waals surface area contributed by atoms with Crippen LogP contribution >= 0.6 is 15.9 Å². The first-order valence-corrected chi connectivity index (χ1v) is 8.21. The zero-order chi connectivity index (χ0) is 16.7. The van der Waals surface area contributed by atoms with Gasteiger partial charge < -0.3 is 14.2 Å². The van der Waals surface area contributed by atoms with Gasteiger partial charge in [-0.1, -0.05) is 45.8 Å². The van der Waals surface area contributed by atoms with Gasteiger partial charge in [0, 0.05) is 10.0 Å². The minimum absolute atomic E-state index is 0.210. The molecule has 0 atom stereocenters. The quantitative estimate of drug-likeness (QED) is 0.566. The van der Waals surface area contributed by atoms with E-state index in [4.69, 9.17) is 14.2 Å². The second-order valence-corrected chi connectivity index (χ2v) is 6.45. The number of carbonyl (C=O) groups excluding carboxylic acids is 1. The highest BCUT2D eigenvalue weighted by atomic mass is 79.9. The highest BCUT2D eigenvalue weighted by molar-refractivity contribution is 9.10. The molecule has 0 aliphatic carbocycles. The van der Waals surface area contributed by atoms with Crippen molar-refractivity contribution in [1.29, 1.82) is 0 Å². The number of fused-ring (bicyclic) bond motifs is 1. The van der Waals surface area contributed by atoms with Crippen molar-refractivity contribution in [3.05, 3.63) is 69.2 Å². The van der Waals surface area contributed by atoms with Crippen LogP contribution in [0.4, 0.5) is 0 Å². The van der Waals surface area contributed by atoms with E-state index in [2.05, 4.69) is 15.9 Å². The van der Waals surface area contributed by atoms with Crippen molar-refractivity contribution in [2.45, 2.75) is 6.92 Å². The Morgan fingerprint density at radius 3 is 2.54 bits per heavy atom. The summed E-state index contributed by atoms with van der Waals surface area (Å²) in [5.41, 5.74) is 3.35. The topological polar surface area (TPSA) is 44.8 Å². The molecule has 0 amide bonds. The maximum Gasteiger partial charge on any atom is 0.343 e. The molecule has 0 aromatic heterocycles. The van der Waals surface area contributed by atoms with Crippen LogP contribution in [0, 0.1) is 6.92 Å². The van der Waals surface area contributed by atoms with E-state index in [1.54, 1.807) is 12.2 Å². The van der Waals surface area contributed by atoms with Gasteiger partial charge in [0.05, 0.1) is 5.57 Å². The van der Waals surface area contributed by atoms with Crippen LogP contribution in [0.5, 0.6) is 11.5 Å². The van der Waals surface area contributed by atoms with E-state index in [-0.39, 0.29) is 12.8 Å². The molecular formula is C19H13BrO4. The van der Waals surface area contributed by atoms with Crippen LogP contribution in [0.3, 0.4) is 0 Å². The number of halogens is 1. The lowest BCUT2D eigenvalue weighted by Gasteiger charge is -2.02. The average molecular weight is 385 g/mol. The van der Waals surface area contributed by atoms with E-state index < -0.39 is 0 Å². The fourth-order valence-electron chi connectivity index (χ4n) is 2.56. The van der Waals surface area contributed by atoms with Crippen LogP contribution < -0.4 is 9.47 Å². The summed E-state index contributed by atoms with van der Waals surface area (Å²) >= 11 is 3.49. The Kier molecular flexibility index (Phi) is 3.65. The van der Waals surface area contributed by atoms with Crippen molar-refractivity contribution in [2.24, 2.45) is 0 Å². The standard InChI is InChI=1S/C19H13BrO4/c1-11-2-4-12(5-3-11)16-8-14(19(21)24-16)6-13-7-17-18(9-15(13)20)23-10-22-17/h2-9H,10H2,1H3/b14-6-. The van der Waals surface area contributed by atoms with E-state index in [0.717, 1.165) is 21.2 Å². The smallest absolute Gasteiger partial charge is 0.343 e. The molecule has 2 heterocycles. The highest BCUT2D eigenvalue weighted by Crippen LogP contribution is 2.38. The SMILES string of the molecule is Cc1ccc(C2=C/C(=C/c3cc4c(cc3Br)OCO4)C(=O)O2)cc1. The molecule has 0 bridgehead atoms. The van der Waals surface area contributed by atoms with Gasteiger partial charge in [0.25, 0.3) is 0 Å². The highest BCUT2D eigenvalue weighted by Gasteiger charge is 2.23. The van der Waals surface area contributed by atoms with Crippen LogP contribution in [-0.4, -0.2) is 12.8 Å². The fourth-order valence-corrected chi connectivity index (χ4v) is 3.00. The lowest BCUT2D eigenvalue weighted by Crippen LogP contribution is -1.97. The Hall–Kier alpha value is -2.53. The number of esters is 1. The third kappa shape index (κ3) is 2.71. The first kappa shape index (κ1) is 15.0. The van der Waals surface area contributed by atoms with Crippen LogP contribution in [0.1, 0.15) is 16.7 Å². The van der Waals surface area contributed by atoms with Gasteiger partial charge in [-0.2, -0.15) is 0 Å². The van der Waals surface area contributed by atoms with Crippen LogP contribution in [0.2, 0.25) is 0 Å². The summed E-state index contributed by atoms with van der Waals surface area (Å²) in [6, 6.07) is 11.5. The van der Waals surface area contributed by atoms with Crippen LogP contribution in [-0.2, 0) is 9.53 Å². The molecule has 0 fully saturated rings. The van der Waals surface area contributed by atoms with Gasteiger partial charge in [0.15, 0.2) is 11.5 Å². The molecule has 5 heteroatoms. The van der Waals surface area contributed by atoms with Gasteiger partial charge in [-0.05, 0) is 36.8 Å². The molecule has 2 aliphatic rings. The molecule has 0 radical (unpaired) electrons. The van der Waals surface area contributed by atoms with Gasteiger partial charge in [-0.15, -0.1) is 0 Å². The molecule has 0 spiro atoms. The number of hydrogen-bond acceptors (Lipinski definition) is 4. The number of benzene rings is 2. The maximum atomic E-state index is 12.2. The van der Waals surface area contributed by atoms with E-state index in [0.29, 0.717) is 22.8 Å². The van der Waals surface area contributed by atoms with E-state index >= 15 is 0 Å². The molecule has 0 unspecified atom stereocenters. The second kappa shape index (κ2) is 5.83. The number of cyclic esters (lactones) is 1. The molecule has 2 aliphatic heterocycles. The number of ether oxygens (including phenoxy) is 3. The molecule has 2 aromatic carbocycles. The zero-order valence-corrected chi connectivity index (χ0v) is 14.4. The van der Waals surface area contributed by atoms with Crippen LogP contribution in [0.25, 0.3) is 11.8 Å². The third-order valence-electron chi connectivity index (χ3n) is 3.86. The maximum absolute atomic E-state index is 12.2. The molecule has 0 saturated heterocycles. The number of rotatable bonds is 2. The summed E-state index contributed by atoms with van der Waals surface area (Å²) in [6.07, 6.45) is 3.53. The third-order valence-corrected chi connectivity index (χ3v) is 4.55. The summed E-state index contributed by atoms with van der Waals surface area (Å²) in [5, 5.41) is 0. The summed E-state index contributed by atoms with van der Waals surface area (Å²) in [5.74, 6) is 1.55. The fraction of sp³-hybridized carbons (Fsp3) is 0.105. The Morgan fingerprint density at radius 2 is 1.79 bits per heavy atom. The van der Waals surface area contributed by atoms with Crippen molar-refractivity contribution in [3.63, 3.8) is 0 Å². The minimum atomic E-state index is -0.366. The van der Waals surface area contributed by atoms with Crippen molar-refractivity contribution >= 4 is 33.7 Å².